The Kier molecular flexibility index (Phi) is 9.86. The molecule has 8 aliphatic rings. The van der Waals surface area contributed by atoms with Crippen LogP contribution in [0, 0.1) is 17.8 Å². The molecule has 2 aromatic heterocycles. The van der Waals surface area contributed by atoms with Crippen molar-refractivity contribution in [1.29, 1.82) is 0 Å². The maximum Gasteiger partial charge on any atom is 0.156 e. The summed E-state index contributed by atoms with van der Waals surface area (Å²) in [5.41, 5.74) is 29.9. The van der Waals surface area contributed by atoms with Crippen LogP contribution in [0.4, 0.5) is 0 Å². The van der Waals surface area contributed by atoms with Gasteiger partial charge < -0.3 is 4.42 Å². The second kappa shape index (κ2) is 17.2. The molecule has 0 radical (unpaired) electrons. The van der Waals surface area contributed by atoms with Crippen LogP contribution < -0.4 is 0 Å². The van der Waals surface area contributed by atoms with Crippen LogP contribution in [0.2, 0.25) is 0 Å². The lowest BCUT2D eigenvalue weighted by atomic mass is 9.62. The Morgan fingerprint density at radius 3 is 2.13 bits per heavy atom. The van der Waals surface area contributed by atoms with E-state index in [-0.39, 0.29) is 10.8 Å². The second-order valence-corrected chi connectivity index (χ2v) is 23.4. The molecule has 378 valence electrons. The van der Waals surface area contributed by atoms with Crippen LogP contribution in [0.15, 0.2) is 251 Å². The normalized spacial score (nSPS) is 22.4. The van der Waals surface area contributed by atoms with Gasteiger partial charge in [-0.1, -0.05) is 207 Å². The van der Waals surface area contributed by atoms with E-state index in [9.17, 15) is 0 Å². The maximum atomic E-state index is 6.78. The number of rotatable bonds is 7. The highest BCUT2D eigenvalue weighted by Crippen LogP contribution is 2.70. The Morgan fingerprint density at radius 2 is 1.32 bits per heavy atom. The predicted molar refractivity (Wildman–Crippen MR) is 323 cm³/mol. The summed E-state index contributed by atoms with van der Waals surface area (Å²) in [4.78, 5) is 10.8. The average Bonchev–Trinajstić information content (AvgIpc) is 4.19. The van der Waals surface area contributed by atoms with Gasteiger partial charge >= 0.3 is 0 Å². The van der Waals surface area contributed by atoms with Crippen LogP contribution in [-0.4, -0.2) is 9.97 Å². The third-order valence-corrected chi connectivity index (χ3v) is 19.8. The minimum Gasteiger partial charge on any atom is -0.456 e. The molecule has 1 saturated carbocycles. The molecular formula is C76H58N2O. The molecule has 3 nitrogen and oxygen atoms in total. The zero-order valence-electron chi connectivity index (χ0n) is 44.5. The average molecular weight is 1020 g/mol. The second-order valence-electron chi connectivity index (χ2n) is 23.4. The molecule has 0 bridgehead atoms. The molecule has 0 aliphatic heterocycles. The topological polar surface area (TPSA) is 38.9 Å². The van der Waals surface area contributed by atoms with E-state index in [1.165, 1.54) is 61.2 Å². The fourth-order valence-corrected chi connectivity index (χ4v) is 16.2. The molecular weight excluding hydrogens is 957 g/mol. The van der Waals surface area contributed by atoms with Crippen molar-refractivity contribution in [3.8, 4) is 44.8 Å². The summed E-state index contributed by atoms with van der Waals surface area (Å²) in [7, 11) is 0. The number of nitrogens with zero attached hydrogens (tertiary/aromatic N) is 2. The minimum absolute atomic E-state index is 0.0276. The lowest BCUT2D eigenvalue weighted by Gasteiger charge is -2.40. The highest BCUT2D eigenvalue weighted by Gasteiger charge is 2.62. The smallest absolute Gasteiger partial charge is 0.156 e. The molecule has 7 aromatic carbocycles. The van der Waals surface area contributed by atoms with Gasteiger partial charge in [0.15, 0.2) is 5.82 Å². The lowest BCUT2D eigenvalue weighted by Crippen LogP contribution is -2.35. The zero-order valence-corrected chi connectivity index (χ0v) is 44.5. The summed E-state index contributed by atoms with van der Waals surface area (Å²) in [6.45, 7) is 2.23. The van der Waals surface area contributed by atoms with E-state index in [4.69, 9.17) is 14.4 Å². The van der Waals surface area contributed by atoms with E-state index >= 15 is 0 Å². The van der Waals surface area contributed by atoms with Gasteiger partial charge in [0.2, 0.25) is 0 Å². The first-order valence-electron chi connectivity index (χ1n) is 29.0. The van der Waals surface area contributed by atoms with Crippen molar-refractivity contribution < 1.29 is 4.42 Å². The molecule has 8 aliphatic carbocycles. The molecule has 17 rings (SSSR count). The molecule has 1 fully saturated rings. The molecule has 1 spiro atoms. The zero-order chi connectivity index (χ0) is 52.0. The van der Waals surface area contributed by atoms with Gasteiger partial charge in [0.1, 0.15) is 11.2 Å². The van der Waals surface area contributed by atoms with Crippen molar-refractivity contribution in [1.82, 2.24) is 9.97 Å². The maximum absolute atomic E-state index is 6.78. The van der Waals surface area contributed by atoms with Gasteiger partial charge in [0.25, 0.3) is 0 Å². The fourth-order valence-electron chi connectivity index (χ4n) is 16.2. The Hall–Kier alpha value is -8.66. The number of hydrogen-bond acceptors (Lipinski definition) is 3. The molecule has 0 N–H and O–H groups in total. The van der Waals surface area contributed by atoms with E-state index in [2.05, 4.69) is 225 Å². The molecule has 4 unspecified atom stereocenters. The van der Waals surface area contributed by atoms with E-state index in [1.807, 2.05) is 0 Å². The molecule has 2 heterocycles. The van der Waals surface area contributed by atoms with E-state index in [0.717, 1.165) is 107 Å². The third kappa shape index (κ3) is 6.42. The van der Waals surface area contributed by atoms with Crippen molar-refractivity contribution in [3.63, 3.8) is 0 Å². The standard InChI is InChI=1S/C76H58N2O/c1-2-53-72(46-19-6-3-7-20-46)77-74(47-21-8-4-9-22-47)78-73(53)59-28-18-32-70-71(59)62-43-50(36-40-69(62)79-70)49-35-39-63-61(42-49)60-41-48(33-38-58(60)68-45-75(63,68)52-23-10-5-11-24-52)51-34-37-57-56-27-14-17-31-66(56)76(67(57)44-51)64-29-15-12-25-54(64)55-26-13-16-30-65(55)76/h3-8,10-13,15-21,23-26,28-40,42-43,48,67-68H,2,9,14,22,27,41,44-45H2,1H3. The summed E-state index contributed by atoms with van der Waals surface area (Å²) in [6, 6.07) is 61.5. The van der Waals surface area contributed by atoms with E-state index < -0.39 is 0 Å². The van der Waals surface area contributed by atoms with Crippen LogP contribution in [0.5, 0.6) is 0 Å². The SMILES string of the molecule is CCc1c(-c2ccccc2)nc(C2=CC=CCC2)nc1-c1cccc2oc3ccc(-c4ccc5c(c4)C4=C(C=CC(C6=CC=C7C8=C(C=CCC8)C8(c9ccccc9-c9ccccc98)C7C6)C4)C4CC54c4ccccc4)cc3c12. The van der Waals surface area contributed by atoms with E-state index in [0.29, 0.717) is 17.8 Å². The first-order chi connectivity index (χ1) is 39.1. The highest BCUT2D eigenvalue weighted by molar-refractivity contribution is 6.13. The number of furan rings is 1. The van der Waals surface area contributed by atoms with Gasteiger partial charge in [-0.25, -0.2) is 9.97 Å². The van der Waals surface area contributed by atoms with Crippen molar-refractivity contribution in [2.75, 3.05) is 0 Å². The summed E-state index contributed by atoms with van der Waals surface area (Å²) < 4.78 is 6.78. The van der Waals surface area contributed by atoms with Gasteiger partial charge in [-0.3, -0.25) is 0 Å². The largest absolute Gasteiger partial charge is 0.456 e. The molecule has 0 amide bonds. The Balaban J connectivity index is 0.782. The summed E-state index contributed by atoms with van der Waals surface area (Å²) in [5, 5.41) is 2.20. The highest BCUT2D eigenvalue weighted by atomic mass is 16.3. The van der Waals surface area contributed by atoms with Crippen molar-refractivity contribution in [2.24, 2.45) is 17.8 Å². The first-order valence-corrected chi connectivity index (χ1v) is 29.0. The first kappa shape index (κ1) is 45.4. The van der Waals surface area contributed by atoms with Crippen LogP contribution in [0.3, 0.4) is 0 Å². The predicted octanol–water partition coefficient (Wildman–Crippen LogP) is 18.8. The van der Waals surface area contributed by atoms with Gasteiger partial charge in [0, 0.05) is 44.7 Å². The molecule has 4 atom stereocenters. The number of aromatic nitrogens is 2. The van der Waals surface area contributed by atoms with Gasteiger partial charge in [-0.05, 0) is 165 Å². The van der Waals surface area contributed by atoms with Crippen LogP contribution >= 0.6 is 0 Å². The fraction of sp³-hybridized carbons (Fsp3) is 0.184. The lowest BCUT2D eigenvalue weighted by molar-refractivity contribution is 0.441. The molecule has 9 aromatic rings. The number of benzene rings is 7. The Labute approximate surface area is 462 Å². The Bertz CT molecular complexity index is 4350. The number of allylic oxidation sites excluding steroid dienone is 16. The van der Waals surface area contributed by atoms with E-state index in [1.54, 1.807) is 27.9 Å². The Morgan fingerprint density at radius 1 is 0.570 bits per heavy atom. The minimum atomic E-state index is -0.183. The molecule has 79 heavy (non-hydrogen) atoms. The molecule has 3 heteroatoms. The number of hydrogen-bond donors (Lipinski definition) is 0. The van der Waals surface area contributed by atoms with Crippen molar-refractivity contribution >= 4 is 33.1 Å². The van der Waals surface area contributed by atoms with Crippen LogP contribution in [-0.2, 0) is 17.3 Å². The quantitative estimate of drug-likeness (QED) is 0.160. The van der Waals surface area contributed by atoms with Crippen molar-refractivity contribution in [3.05, 3.63) is 286 Å². The summed E-state index contributed by atoms with van der Waals surface area (Å²) >= 11 is 0. The van der Waals surface area contributed by atoms with Gasteiger partial charge in [0.05, 0.1) is 16.8 Å². The third-order valence-electron chi connectivity index (χ3n) is 19.8. The van der Waals surface area contributed by atoms with Gasteiger partial charge in [-0.2, -0.15) is 0 Å². The van der Waals surface area contributed by atoms with Gasteiger partial charge in [-0.15, -0.1) is 0 Å². The number of fused-ring (bicyclic) bond motifs is 17. The van der Waals surface area contributed by atoms with Crippen molar-refractivity contribution in [2.45, 2.75) is 69.1 Å². The van der Waals surface area contributed by atoms with Crippen LogP contribution in [0.25, 0.3) is 77.9 Å². The molecule has 0 saturated heterocycles. The summed E-state index contributed by atoms with van der Waals surface area (Å²) in [5.74, 6) is 1.93. The monoisotopic (exact) mass is 1010 g/mol. The van der Waals surface area contributed by atoms with Crippen LogP contribution in [0.1, 0.15) is 91.1 Å². The summed E-state index contributed by atoms with van der Waals surface area (Å²) in [6.07, 6.45) is 29.9.